The van der Waals surface area contributed by atoms with Crippen molar-refractivity contribution in [1.82, 2.24) is 4.98 Å². The van der Waals surface area contributed by atoms with E-state index < -0.39 is 0 Å². The highest BCUT2D eigenvalue weighted by Gasteiger charge is 1.95. The van der Waals surface area contributed by atoms with Crippen LogP contribution in [-0.2, 0) is 0 Å². The number of anilines is 2. The molecule has 0 radical (unpaired) electrons. The van der Waals surface area contributed by atoms with Gasteiger partial charge in [-0.3, -0.25) is 4.98 Å². The number of nitrogen functional groups attached to an aromatic ring is 1. The molecule has 3 heteroatoms. The molecule has 0 bridgehead atoms. The van der Waals surface area contributed by atoms with Gasteiger partial charge >= 0.3 is 0 Å². The molecule has 1 rings (SSSR count). The average molecular weight is 207 g/mol. The second-order valence-corrected chi connectivity index (χ2v) is 4.32. The number of unbranched alkanes of at least 4 members (excludes halogenated alkanes) is 1. The van der Waals surface area contributed by atoms with E-state index in [-0.39, 0.29) is 0 Å². The van der Waals surface area contributed by atoms with Crippen LogP contribution in [0.25, 0.3) is 0 Å². The molecule has 0 amide bonds. The highest BCUT2D eigenvalue weighted by Crippen LogP contribution is 2.10. The molecule has 0 spiro atoms. The fourth-order valence-corrected chi connectivity index (χ4v) is 1.46. The molecule has 0 unspecified atom stereocenters. The minimum absolute atomic E-state index is 0.710. The SMILES string of the molecule is CC(C)CCCCNc1cncc(N)c1. The summed E-state index contributed by atoms with van der Waals surface area (Å²) in [7, 11) is 0. The molecule has 0 saturated heterocycles. The summed E-state index contributed by atoms with van der Waals surface area (Å²) in [4.78, 5) is 4.02. The maximum Gasteiger partial charge on any atom is 0.0547 e. The van der Waals surface area contributed by atoms with Gasteiger partial charge in [0.05, 0.1) is 17.6 Å². The van der Waals surface area contributed by atoms with Gasteiger partial charge in [0.15, 0.2) is 0 Å². The van der Waals surface area contributed by atoms with Gasteiger partial charge in [-0.15, -0.1) is 0 Å². The van der Waals surface area contributed by atoms with Gasteiger partial charge in [0.1, 0.15) is 0 Å². The van der Waals surface area contributed by atoms with Crippen molar-refractivity contribution in [2.24, 2.45) is 5.92 Å². The van der Waals surface area contributed by atoms with Crippen LogP contribution < -0.4 is 11.1 Å². The summed E-state index contributed by atoms with van der Waals surface area (Å²) in [5, 5.41) is 3.32. The Morgan fingerprint density at radius 2 is 2.13 bits per heavy atom. The Labute approximate surface area is 92.1 Å². The van der Waals surface area contributed by atoms with Gasteiger partial charge in [-0.25, -0.2) is 0 Å². The molecule has 1 aromatic heterocycles. The van der Waals surface area contributed by atoms with E-state index in [0.29, 0.717) is 5.69 Å². The quantitative estimate of drug-likeness (QED) is 0.705. The lowest BCUT2D eigenvalue weighted by Crippen LogP contribution is -2.03. The zero-order valence-electron chi connectivity index (χ0n) is 9.66. The normalized spacial score (nSPS) is 10.6. The van der Waals surface area contributed by atoms with Crippen LogP contribution in [0.4, 0.5) is 11.4 Å². The fraction of sp³-hybridized carbons (Fsp3) is 0.583. The first kappa shape index (κ1) is 11.8. The van der Waals surface area contributed by atoms with Crippen molar-refractivity contribution in [2.75, 3.05) is 17.6 Å². The van der Waals surface area contributed by atoms with E-state index in [9.17, 15) is 0 Å². The minimum atomic E-state index is 0.710. The number of rotatable bonds is 6. The molecule has 15 heavy (non-hydrogen) atoms. The summed E-state index contributed by atoms with van der Waals surface area (Å²) in [6.45, 7) is 5.52. The van der Waals surface area contributed by atoms with E-state index in [1.54, 1.807) is 12.4 Å². The Kier molecular flexibility index (Phi) is 4.95. The van der Waals surface area contributed by atoms with Crippen LogP contribution in [0, 0.1) is 5.92 Å². The highest BCUT2D eigenvalue weighted by atomic mass is 14.9. The average Bonchev–Trinajstić information content (AvgIpc) is 2.17. The molecule has 1 aromatic rings. The molecular weight excluding hydrogens is 186 g/mol. The summed E-state index contributed by atoms with van der Waals surface area (Å²) in [6, 6.07) is 1.91. The predicted molar refractivity (Wildman–Crippen MR) is 65.8 cm³/mol. The molecule has 0 aliphatic carbocycles. The Bertz CT molecular complexity index is 284. The van der Waals surface area contributed by atoms with Crippen LogP contribution >= 0.6 is 0 Å². The lowest BCUT2D eigenvalue weighted by molar-refractivity contribution is 0.545. The number of nitrogens with two attached hydrogens (primary N) is 1. The number of pyridine rings is 1. The number of aromatic nitrogens is 1. The van der Waals surface area contributed by atoms with Crippen molar-refractivity contribution in [3.63, 3.8) is 0 Å². The van der Waals surface area contributed by atoms with E-state index in [2.05, 4.69) is 24.1 Å². The number of nitrogens with zero attached hydrogens (tertiary/aromatic N) is 1. The highest BCUT2D eigenvalue weighted by molar-refractivity contribution is 5.51. The molecule has 0 aliphatic rings. The predicted octanol–water partition coefficient (Wildman–Crippen LogP) is 2.90. The van der Waals surface area contributed by atoms with Crippen molar-refractivity contribution >= 4 is 11.4 Å². The van der Waals surface area contributed by atoms with E-state index in [0.717, 1.165) is 18.2 Å². The van der Waals surface area contributed by atoms with Crippen molar-refractivity contribution in [2.45, 2.75) is 33.1 Å². The molecule has 0 aromatic carbocycles. The smallest absolute Gasteiger partial charge is 0.0547 e. The lowest BCUT2D eigenvalue weighted by Gasteiger charge is -2.07. The minimum Gasteiger partial charge on any atom is -0.397 e. The van der Waals surface area contributed by atoms with E-state index in [1.807, 2.05) is 6.07 Å². The summed E-state index contributed by atoms with van der Waals surface area (Å²) in [5.74, 6) is 0.805. The third-order valence-corrected chi connectivity index (χ3v) is 2.30. The second-order valence-electron chi connectivity index (χ2n) is 4.32. The van der Waals surface area contributed by atoms with Crippen molar-refractivity contribution in [3.05, 3.63) is 18.5 Å². The zero-order valence-corrected chi connectivity index (χ0v) is 9.66. The number of nitrogens with one attached hydrogen (secondary N) is 1. The van der Waals surface area contributed by atoms with Gasteiger partial charge in [-0.2, -0.15) is 0 Å². The van der Waals surface area contributed by atoms with Gasteiger partial charge < -0.3 is 11.1 Å². The molecule has 3 nitrogen and oxygen atoms in total. The molecule has 0 aliphatic heterocycles. The second kappa shape index (κ2) is 6.27. The van der Waals surface area contributed by atoms with Crippen LogP contribution in [-0.4, -0.2) is 11.5 Å². The standard InChI is InChI=1S/C12H21N3/c1-10(2)5-3-4-6-15-12-7-11(13)8-14-9-12/h7-10,15H,3-6,13H2,1-2H3. The van der Waals surface area contributed by atoms with Crippen LogP contribution in [0.5, 0.6) is 0 Å². The van der Waals surface area contributed by atoms with E-state index in [4.69, 9.17) is 5.73 Å². The van der Waals surface area contributed by atoms with Crippen molar-refractivity contribution in [1.29, 1.82) is 0 Å². The maximum absolute atomic E-state index is 5.63. The van der Waals surface area contributed by atoms with E-state index in [1.165, 1.54) is 19.3 Å². The molecule has 0 saturated carbocycles. The molecule has 1 heterocycles. The fourth-order valence-electron chi connectivity index (χ4n) is 1.46. The third-order valence-electron chi connectivity index (χ3n) is 2.30. The lowest BCUT2D eigenvalue weighted by atomic mass is 10.1. The number of hydrogen-bond donors (Lipinski definition) is 2. The Balaban J connectivity index is 2.15. The largest absolute Gasteiger partial charge is 0.397 e. The van der Waals surface area contributed by atoms with Gasteiger partial charge in [0, 0.05) is 12.7 Å². The van der Waals surface area contributed by atoms with Crippen molar-refractivity contribution in [3.8, 4) is 0 Å². The number of hydrogen-bond acceptors (Lipinski definition) is 3. The van der Waals surface area contributed by atoms with Crippen LogP contribution in [0.2, 0.25) is 0 Å². The topological polar surface area (TPSA) is 50.9 Å². The Hall–Kier alpha value is -1.25. The van der Waals surface area contributed by atoms with Crippen LogP contribution in [0.15, 0.2) is 18.5 Å². The first-order valence-electron chi connectivity index (χ1n) is 5.63. The molecule has 3 N–H and O–H groups in total. The Morgan fingerprint density at radius 1 is 1.33 bits per heavy atom. The first-order chi connectivity index (χ1) is 7.18. The maximum atomic E-state index is 5.63. The summed E-state index contributed by atoms with van der Waals surface area (Å²) < 4.78 is 0. The molecule has 0 atom stereocenters. The van der Waals surface area contributed by atoms with Gasteiger partial charge in [0.2, 0.25) is 0 Å². The van der Waals surface area contributed by atoms with E-state index >= 15 is 0 Å². The first-order valence-corrected chi connectivity index (χ1v) is 5.63. The molecule has 0 fully saturated rings. The zero-order chi connectivity index (χ0) is 11.1. The Morgan fingerprint density at radius 3 is 2.80 bits per heavy atom. The van der Waals surface area contributed by atoms with Gasteiger partial charge in [-0.05, 0) is 18.4 Å². The summed E-state index contributed by atoms with van der Waals surface area (Å²) in [5.41, 5.74) is 7.35. The van der Waals surface area contributed by atoms with Gasteiger partial charge in [0.25, 0.3) is 0 Å². The summed E-state index contributed by atoms with van der Waals surface area (Å²) >= 11 is 0. The summed E-state index contributed by atoms with van der Waals surface area (Å²) in [6.07, 6.45) is 7.24. The van der Waals surface area contributed by atoms with Gasteiger partial charge in [-0.1, -0.05) is 26.7 Å². The third kappa shape index (κ3) is 5.25. The molecular formula is C12H21N3. The van der Waals surface area contributed by atoms with Crippen LogP contribution in [0.1, 0.15) is 33.1 Å². The monoisotopic (exact) mass is 207 g/mol. The van der Waals surface area contributed by atoms with Crippen LogP contribution in [0.3, 0.4) is 0 Å². The molecule has 84 valence electrons. The van der Waals surface area contributed by atoms with Crippen molar-refractivity contribution < 1.29 is 0 Å².